The Kier molecular flexibility index (Phi) is 6.29. The molecule has 0 aliphatic rings. The molecule has 3 heteroatoms. The van der Waals surface area contributed by atoms with Crippen LogP contribution in [0, 0.1) is 17.7 Å². The minimum atomic E-state index is -0.285. The van der Waals surface area contributed by atoms with Crippen LogP contribution in [0.3, 0.4) is 0 Å². The number of hydrogen-bond acceptors (Lipinski definition) is 2. The maximum Gasteiger partial charge on any atom is 0.165 e. The molecule has 1 N–H and O–H groups in total. The Balaban J connectivity index is 2.81. The van der Waals surface area contributed by atoms with Gasteiger partial charge < -0.3 is 10.1 Å². The second-order valence-electron chi connectivity index (χ2n) is 5.44. The van der Waals surface area contributed by atoms with Crippen molar-refractivity contribution >= 4 is 0 Å². The first-order valence-corrected chi connectivity index (χ1v) is 7.05. The van der Waals surface area contributed by atoms with Crippen molar-refractivity contribution in [1.82, 2.24) is 5.32 Å². The van der Waals surface area contributed by atoms with Crippen molar-refractivity contribution in [2.24, 2.45) is 11.8 Å². The van der Waals surface area contributed by atoms with Crippen molar-refractivity contribution in [3.05, 3.63) is 29.6 Å². The predicted octanol–water partition coefficient (Wildman–Crippen LogP) is 3.65. The minimum Gasteiger partial charge on any atom is -0.494 e. The smallest absolute Gasteiger partial charge is 0.165 e. The zero-order valence-electron chi connectivity index (χ0n) is 12.7. The number of halogens is 1. The fourth-order valence-corrected chi connectivity index (χ4v) is 2.26. The van der Waals surface area contributed by atoms with Gasteiger partial charge in [-0.15, -0.1) is 0 Å². The molecule has 0 aromatic heterocycles. The summed E-state index contributed by atoms with van der Waals surface area (Å²) < 4.78 is 18.6. The summed E-state index contributed by atoms with van der Waals surface area (Å²) in [5, 5.41) is 3.51. The topological polar surface area (TPSA) is 21.3 Å². The van der Waals surface area contributed by atoms with Crippen molar-refractivity contribution in [1.29, 1.82) is 0 Å². The number of benzene rings is 1. The molecule has 1 aromatic rings. The standard InChI is InChI=1S/C16H26FNO/c1-6-18-15(12(4)11(2)3)10-13-7-8-16(19-5)14(17)9-13/h7-9,11-12,15,18H,6,10H2,1-5H3. The summed E-state index contributed by atoms with van der Waals surface area (Å²) in [6.45, 7) is 9.74. The van der Waals surface area contributed by atoms with Crippen LogP contribution in [0.15, 0.2) is 18.2 Å². The van der Waals surface area contributed by atoms with Gasteiger partial charge in [-0.3, -0.25) is 0 Å². The summed E-state index contributed by atoms with van der Waals surface area (Å²) in [5.41, 5.74) is 1.01. The second kappa shape index (κ2) is 7.49. The molecule has 1 aromatic carbocycles. The van der Waals surface area contributed by atoms with Crippen LogP contribution in [0.25, 0.3) is 0 Å². The van der Waals surface area contributed by atoms with E-state index in [1.165, 1.54) is 7.11 Å². The molecule has 108 valence electrons. The van der Waals surface area contributed by atoms with Crippen LogP contribution >= 0.6 is 0 Å². The Labute approximate surface area is 116 Å². The largest absolute Gasteiger partial charge is 0.494 e. The van der Waals surface area contributed by atoms with E-state index in [1.807, 2.05) is 6.07 Å². The first-order valence-electron chi connectivity index (χ1n) is 7.05. The third-order valence-electron chi connectivity index (χ3n) is 3.82. The molecule has 0 heterocycles. The summed E-state index contributed by atoms with van der Waals surface area (Å²) in [6.07, 6.45) is 0.841. The number of methoxy groups -OCH3 is 1. The first kappa shape index (κ1) is 16.0. The molecule has 0 aliphatic heterocycles. The van der Waals surface area contributed by atoms with Crippen LogP contribution in [0.4, 0.5) is 4.39 Å². The van der Waals surface area contributed by atoms with Crippen molar-refractivity contribution in [2.75, 3.05) is 13.7 Å². The predicted molar refractivity (Wildman–Crippen MR) is 78.1 cm³/mol. The molecule has 19 heavy (non-hydrogen) atoms. The number of likely N-dealkylation sites (N-methyl/N-ethyl adjacent to an activating group) is 1. The summed E-state index contributed by atoms with van der Waals surface area (Å²) in [7, 11) is 1.49. The van der Waals surface area contributed by atoms with E-state index in [0.717, 1.165) is 18.5 Å². The molecule has 0 amide bonds. The Hall–Kier alpha value is -1.09. The van der Waals surface area contributed by atoms with Gasteiger partial charge in [0, 0.05) is 6.04 Å². The highest BCUT2D eigenvalue weighted by Gasteiger charge is 2.20. The maximum atomic E-state index is 13.7. The van der Waals surface area contributed by atoms with Gasteiger partial charge in [-0.2, -0.15) is 0 Å². The quantitative estimate of drug-likeness (QED) is 0.814. The van der Waals surface area contributed by atoms with Crippen LogP contribution in [-0.2, 0) is 6.42 Å². The van der Waals surface area contributed by atoms with Crippen LogP contribution in [0.1, 0.15) is 33.3 Å². The lowest BCUT2D eigenvalue weighted by Gasteiger charge is -2.28. The van der Waals surface area contributed by atoms with E-state index in [4.69, 9.17) is 4.74 Å². The molecule has 0 bridgehead atoms. The van der Waals surface area contributed by atoms with Crippen molar-refractivity contribution in [3.8, 4) is 5.75 Å². The fourth-order valence-electron chi connectivity index (χ4n) is 2.26. The second-order valence-corrected chi connectivity index (χ2v) is 5.44. The van der Waals surface area contributed by atoms with Crippen LogP contribution < -0.4 is 10.1 Å². The summed E-state index contributed by atoms with van der Waals surface area (Å²) >= 11 is 0. The molecule has 0 saturated carbocycles. The highest BCUT2D eigenvalue weighted by atomic mass is 19.1. The molecule has 2 nitrogen and oxygen atoms in total. The number of nitrogens with one attached hydrogen (secondary N) is 1. The van der Waals surface area contributed by atoms with Gasteiger partial charge >= 0.3 is 0 Å². The molecule has 1 rings (SSSR count). The van der Waals surface area contributed by atoms with Crippen LogP contribution in [0.5, 0.6) is 5.75 Å². The van der Waals surface area contributed by atoms with Gasteiger partial charge in [-0.25, -0.2) is 4.39 Å². The Morgan fingerprint density at radius 2 is 1.95 bits per heavy atom. The van der Waals surface area contributed by atoms with E-state index in [-0.39, 0.29) is 5.82 Å². The lowest BCUT2D eigenvalue weighted by atomic mass is 9.86. The van der Waals surface area contributed by atoms with Crippen molar-refractivity contribution < 1.29 is 9.13 Å². The summed E-state index contributed by atoms with van der Waals surface area (Å²) in [5.74, 6) is 1.17. The van der Waals surface area contributed by atoms with Crippen molar-refractivity contribution in [2.45, 2.75) is 40.2 Å². The normalized spacial score (nSPS) is 14.5. The minimum absolute atomic E-state index is 0.285. The average Bonchev–Trinajstić information content (AvgIpc) is 2.37. The van der Waals surface area contributed by atoms with Crippen LogP contribution in [-0.4, -0.2) is 19.7 Å². The average molecular weight is 267 g/mol. The summed E-state index contributed by atoms with van der Waals surface area (Å²) in [6, 6.07) is 5.60. The molecular formula is C16H26FNO. The third kappa shape index (κ3) is 4.50. The van der Waals surface area contributed by atoms with E-state index < -0.39 is 0 Å². The highest BCUT2D eigenvalue weighted by molar-refractivity contribution is 5.29. The zero-order chi connectivity index (χ0) is 14.4. The number of ether oxygens (including phenoxy) is 1. The Bertz CT molecular complexity index is 392. The molecule has 0 saturated heterocycles. The molecule has 0 radical (unpaired) electrons. The van der Waals surface area contributed by atoms with Gasteiger partial charge in [0.2, 0.25) is 0 Å². The molecule has 0 aliphatic carbocycles. The summed E-state index contributed by atoms with van der Waals surface area (Å²) in [4.78, 5) is 0. The lowest BCUT2D eigenvalue weighted by molar-refractivity contribution is 0.300. The van der Waals surface area contributed by atoms with E-state index in [9.17, 15) is 4.39 Å². The SMILES string of the molecule is CCNC(Cc1ccc(OC)c(F)c1)C(C)C(C)C. The van der Waals surface area contributed by atoms with Gasteiger partial charge in [0.15, 0.2) is 11.6 Å². The number of rotatable bonds is 7. The van der Waals surface area contributed by atoms with Gasteiger partial charge in [0.25, 0.3) is 0 Å². The van der Waals surface area contributed by atoms with E-state index >= 15 is 0 Å². The van der Waals surface area contributed by atoms with Crippen molar-refractivity contribution in [3.63, 3.8) is 0 Å². The highest BCUT2D eigenvalue weighted by Crippen LogP contribution is 2.22. The molecule has 0 fully saturated rings. The maximum absolute atomic E-state index is 13.7. The number of hydrogen-bond donors (Lipinski definition) is 1. The van der Waals surface area contributed by atoms with E-state index in [2.05, 4.69) is 33.0 Å². The van der Waals surface area contributed by atoms with Crippen LogP contribution in [0.2, 0.25) is 0 Å². The van der Waals surface area contributed by atoms with Gasteiger partial charge in [-0.05, 0) is 42.5 Å². The van der Waals surface area contributed by atoms with Gasteiger partial charge in [-0.1, -0.05) is 33.8 Å². The monoisotopic (exact) mass is 267 g/mol. The lowest BCUT2D eigenvalue weighted by Crippen LogP contribution is -2.38. The molecular weight excluding hydrogens is 241 g/mol. The fraction of sp³-hybridized carbons (Fsp3) is 0.625. The van der Waals surface area contributed by atoms with Gasteiger partial charge in [0.1, 0.15) is 0 Å². The van der Waals surface area contributed by atoms with E-state index in [1.54, 1.807) is 12.1 Å². The van der Waals surface area contributed by atoms with Gasteiger partial charge in [0.05, 0.1) is 7.11 Å². The molecule has 2 atom stereocenters. The zero-order valence-corrected chi connectivity index (χ0v) is 12.7. The molecule has 0 spiro atoms. The molecule has 2 unspecified atom stereocenters. The third-order valence-corrected chi connectivity index (χ3v) is 3.82. The Morgan fingerprint density at radius 3 is 2.42 bits per heavy atom. The Morgan fingerprint density at radius 1 is 1.26 bits per heavy atom. The first-order chi connectivity index (χ1) is 8.99. The van der Waals surface area contributed by atoms with E-state index in [0.29, 0.717) is 23.6 Å².